The van der Waals surface area contributed by atoms with E-state index in [1.165, 1.54) is 0 Å². The topological polar surface area (TPSA) is 92.8 Å². The van der Waals surface area contributed by atoms with E-state index < -0.39 is 0 Å². The first-order valence-corrected chi connectivity index (χ1v) is 8.21. The smallest absolute Gasteiger partial charge is 0.169 e. The van der Waals surface area contributed by atoms with E-state index in [0.29, 0.717) is 11.3 Å². The van der Waals surface area contributed by atoms with Gasteiger partial charge >= 0.3 is 0 Å². The van der Waals surface area contributed by atoms with Crippen LogP contribution in [0.15, 0.2) is 67.0 Å². The van der Waals surface area contributed by atoms with Crippen molar-refractivity contribution in [1.82, 2.24) is 19.7 Å². The zero-order valence-electron chi connectivity index (χ0n) is 13.7. The van der Waals surface area contributed by atoms with Gasteiger partial charge in [0.25, 0.3) is 0 Å². The minimum absolute atomic E-state index is 0.156. The van der Waals surface area contributed by atoms with Crippen molar-refractivity contribution in [2.24, 2.45) is 0 Å². The molecule has 3 aromatic heterocycles. The Morgan fingerprint density at radius 1 is 0.962 bits per heavy atom. The number of benzene rings is 2. The molecule has 3 heterocycles. The number of phenols is 1. The van der Waals surface area contributed by atoms with Crippen molar-refractivity contribution in [3.8, 4) is 22.6 Å². The lowest BCUT2D eigenvalue weighted by molar-refractivity contribution is 0.480. The molecule has 26 heavy (non-hydrogen) atoms. The summed E-state index contributed by atoms with van der Waals surface area (Å²) in [6, 6.07) is 17.3. The number of rotatable bonds is 2. The van der Waals surface area contributed by atoms with E-state index in [-0.39, 0.29) is 5.75 Å². The molecule has 0 amide bonds. The third-order valence-corrected chi connectivity index (χ3v) is 4.60. The van der Waals surface area contributed by atoms with E-state index in [1.807, 2.05) is 59.3 Å². The number of nitrogens with two attached hydrogens (primary N) is 1. The van der Waals surface area contributed by atoms with Gasteiger partial charge in [-0.3, -0.25) is 14.6 Å². The number of aromatic nitrogens is 4. The van der Waals surface area contributed by atoms with Crippen molar-refractivity contribution < 1.29 is 5.11 Å². The Morgan fingerprint density at radius 3 is 2.65 bits per heavy atom. The van der Waals surface area contributed by atoms with Gasteiger partial charge in [0.15, 0.2) is 5.65 Å². The van der Waals surface area contributed by atoms with Crippen molar-refractivity contribution in [2.75, 3.05) is 5.73 Å². The third-order valence-electron chi connectivity index (χ3n) is 4.60. The van der Waals surface area contributed by atoms with Gasteiger partial charge in [-0.15, -0.1) is 0 Å². The summed E-state index contributed by atoms with van der Waals surface area (Å²) in [4.78, 5) is 4.31. The molecule has 5 aromatic rings. The van der Waals surface area contributed by atoms with Crippen LogP contribution in [0.1, 0.15) is 0 Å². The van der Waals surface area contributed by atoms with Crippen LogP contribution in [-0.4, -0.2) is 24.9 Å². The fourth-order valence-electron chi connectivity index (χ4n) is 3.42. The molecular formula is C20H15N5O. The first kappa shape index (κ1) is 14.5. The second-order valence-corrected chi connectivity index (χ2v) is 6.12. The molecule has 0 spiro atoms. The number of H-pyrrole nitrogens is 1. The standard InChI is InChI=1S/C20H15N5O/c21-19-17-15(13-8-9-16(26)18-14(13)7-4-10-22-18)11-25(20(17)24-23-19)12-5-2-1-3-6-12/h1-11,26H,(H3,21,23,24). The first-order valence-electron chi connectivity index (χ1n) is 8.21. The van der Waals surface area contributed by atoms with E-state index in [4.69, 9.17) is 5.73 Å². The van der Waals surface area contributed by atoms with Gasteiger partial charge in [0.2, 0.25) is 0 Å². The van der Waals surface area contributed by atoms with Gasteiger partial charge in [0.05, 0.1) is 5.39 Å². The van der Waals surface area contributed by atoms with Crippen LogP contribution < -0.4 is 5.73 Å². The van der Waals surface area contributed by atoms with Crippen LogP contribution in [0.2, 0.25) is 0 Å². The molecule has 0 aliphatic rings. The number of fused-ring (bicyclic) bond motifs is 2. The lowest BCUT2D eigenvalue weighted by Gasteiger charge is -2.07. The Hall–Kier alpha value is -3.80. The second-order valence-electron chi connectivity index (χ2n) is 6.12. The number of nitrogens with zero attached hydrogens (tertiary/aromatic N) is 3. The number of aromatic amines is 1. The van der Waals surface area contributed by atoms with Gasteiger partial charge in [-0.1, -0.05) is 24.3 Å². The van der Waals surface area contributed by atoms with Crippen molar-refractivity contribution in [2.45, 2.75) is 0 Å². The summed E-state index contributed by atoms with van der Waals surface area (Å²) in [6.45, 7) is 0. The second kappa shape index (κ2) is 5.35. The monoisotopic (exact) mass is 341 g/mol. The average Bonchev–Trinajstić information content (AvgIpc) is 3.24. The van der Waals surface area contributed by atoms with E-state index in [0.717, 1.165) is 33.2 Å². The Labute approximate surface area is 148 Å². The van der Waals surface area contributed by atoms with Crippen molar-refractivity contribution in [3.05, 3.63) is 67.0 Å². The summed E-state index contributed by atoms with van der Waals surface area (Å²) in [7, 11) is 0. The molecule has 0 unspecified atom stereocenters. The highest BCUT2D eigenvalue weighted by atomic mass is 16.3. The molecule has 0 atom stereocenters. The molecule has 0 aliphatic heterocycles. The predicted octanol–water partition coefficient (Wildman–Crippen LogP) is 3.86. The maximum absolute atomic E-state index is 10.1. The maximum Gasteiger partial charge on any atom is 0.169 e. The molecule has 0 saturated heterocycles. The van der Waals surface area contributed by atoms with E-state index >= 15 is 0 Å². The molecule has 0 aliphatic carbocycles. The van der Waals surface area contributed by atoms with Crippen LogP contribution in [0.25, 0.3) is 38.8 Å². The quantitative estimate of drug-likeness (QED) is 0.454. The molecule has 2 aromatic carbocycles. The van der Waals surface area contributed by atoms with Gasteiger partial charge in [0, 0.05) is 29.0 Å². The molecule has 6 nitrogen and oxygen atoms in total. The summed E-state index contributed by atoms with van der Waals surface area (Å²) >= 11 is 0. The molecule has 6 heteroatoms. The summed E-state index contributed by atoms with van der Waals surface area (Å²) in [5.41, 5.74) is 10.4. The largest absolute Gasteiger partial charge is 0.506 e. The van der Waals surface area contributed by atoms with Gasteiger partial charge in [-0.05, 0) is 35.9 Å². The molecule has 0 bridgehead atoms. The first-order chi connectivity index (χ1) is 12.7. The number of hydrogen-bond donors (Lipinski definition) is 3. The van der Waals surface area contributed by atoms with Crippen LogP contribution >= 0.6 is 0 Å². The van der Waals surface area contributed by atoms with Gasteiger partial charge in [-0.25, -0.2) is 0 Å². The Balaban J connectivity index is 1.87. The molecule has 0 radical (unpaired) electrons. The zero-order chi connectivity index (χ0) is 17.7. The fraction of sp³-hybridized carbons (Fsp3) is 0. The Bertz CT molecular complexity index is 1250. The summed E-state index contributed by atoms with van der Waals surface area (Å²) in [6.07, 6.45) is 3.69. The molecule has 0 fully saturated rings. The van der Waals surface area contributed by atoms with Gasteiger partial charge < -0.3 is 10.8 Å². The number of phenolic OH excluding ortho intramolecular Hbond substituents is 1. The van der Waals surface area contributed by atoms with Gasteiger partial charge in [0.1, 0.15) is 17.1 Å². The van der Waals surface area contributed by atoms with Crippen molar-refractivity contribution in [3.63, 3.8) is 0 Å². The van der Waals surface area contributed by atoms with Gasteiger partial charge in [-0.2, -0.15) is 5.10 Å². The number of hydrogen-bond acceptors (Lipinski definition) is 4. The van der Waals surface area contributed by atoms with Crippen LogP contribution in [-0.2, 0) is 0 Å². The molecular weight excluding hydrogens is 326 g/mol. The normalized spacial score (nSPS) is 11.4. The molecule has 0 saturated carbocycles. The summed E-state index contributed by atoms with van der Waals surface area (Å²) < 4.78 is 2.01. The average molecular weight is 341 g/mol. The van der Waals surface area contributed by atoms with E-state index in [2.05, 4.69) is 15.2 Å². The predicted molar refractivity (Wildman–Crippen MR) is 102 cm³/mol. The number of anilines is 1. The number of aromatic hydroxyl groups is 1. The molecule has 5 rings (SSSR count). The number of nitrogens with one attached hydrogen (secondary N) is 1. The maximum atomic E-state index is 10.1. The number of nitrogen functional groups attached to an aromatic ring is 1. The van der Waals surface area contributed by atoms with Crippen LogP contribution in [0.3, 0.4) is 0 Å². The molecule has 126 valence electrons. The van der Waals surface area contributed by atoms with E-state index in [9.17, 15) is 5.11 Å². The Kier molecular flexibility index (Phi) is 2.99. The van der Waals surface area contributed by atoms with Crippen molar-refractivity contribution >= 4 is 27.8 Å². The van der Waals surface area contributed by atoms with Crippen LogP contribution in [0, 0.1) is 0 Å². The SMILES string of the molecule is Nc1[nH]nc2c1c(-c1ccc(O)c3ncccc13)cn2-c1ccccc1. The minimum atomic E-state index is 0.156. The number of pyridine rings is 1. The highest BCUT2D eigenvalue weighted by molar-refractivity contribution is 6.08. The van der Waals surface area contributed by atoms with Crippen molar-refractivity contribution in [1.29, 1.82) is 0 Å². The van der Waals surface area contributed by atoms with Crippen LogP contribution in [0.5, 0.6) is 5.75 Å². The van der Waals surface area contributed by atoms with E-state index in [1.54, 1.807) is 12.3 Å². The lowest BCUT2D eigenvalue weighted by Crippen LogP contribution is -1.92. The highest BCUT2D eigenvalue weighted by Crippen LogP contribution is 2.39. The minimum Gasteiger partial charge on any atom is -0.506 e. The summed E-state index contributed by atoms with van der Waals surface area (Å²) in [5.74, 6) is 0.665. The molecule has 4 N–H and O–H groups in total. The Morgan fingerprint density at radius 2 is 1.81 bits per heavy atom. The van der Waals surface area contributed by atoms with Crippen LogP contribution in [0.4, 0.5) is 5.82 Å². The summed E-state index contributed by atoms with van der Waals surface area (Å²) in [5, 5.41) is 19.1. The third kappa shape index (κ3) is 1.99. The highest BCUT2D eigenvalue weighted by Gasteiger charge is 2.19. The number of para-hydroxylation sites is 1. The lowest BCUT2D eigenvalue weighted by atomic mass is 10.0. The fourth-order valence-corrected chi connectivity index (χ4v) is 3.42. The zero-order valence-corrected chi connectivity index (χ0v) is 13.7.